The maximum absolute atomic E-state index is 12.8. The number of amides is 1. The van der Waals surface area contributed by atoms with Gasteiger partial charge in [0.25, 0.3) is 5.91 Å². The largest absolute Gasteiger partial charge is 0.372 e. The van der Waals surface area contributed by atoms with Crippen LogP contribution in [-0.4, -0.2) is 39.7 Å². The van der Waals surface area contributed by atoms with Crippen LogP contribution in [0.5, 0.6) is 0 Å². The molecule has 0 aromatic heterocycles. The number of benzene rings is 2. The molecule has 6 nitrogen and oxygen atoms in total. The average molecular weight is 428 g/mol. The molecule has 1 amide bonds. The SMILES string of the molecule is C[C@@H](NC(=O)c1cccc(N2CCCCS2(=O)=O)c1)c1ccc(N2CCCC2)cc1. The molecule has 0 saturated carbocycles. The van der Waals surface area contributed by atoms with Crippen molar-refractivity contribution in [1.82, 2.24) is 5.32 Å². The third kappa shape index (κ3) is 4.46. The minimum atomic E-state index is -3.30. The predicted molar refractivity (Wildman–Crippen MR) is 121 cm³/mol. The molecule has 2 fully saturated rings. The van der Waals surface area contributed by atoms with Gasteiger partial charge in [-0.3, -0.25) is 9.10 Å². The van der Waals surface area contributed by atoms with E-state index >= 15 is 0 Å². The number of nitrogens with one attached hydrogen (secondary N) is 1. The van der Waals surface area contributed by atoms with Gasteiger partial charge in [-0.2, -0.15) is 0 Å². The summed E-state index contributed by atoms with van der Waals surface area (Å²) < 4.78 is 26.2. The summed E-state index contributed by atoms with van der Waals surface area (Å²) in [5, 5.41) is 3.03. The van der Waals surface area contributed by atoms with Crippen LogP contribution >= 0.6 is 0 Å². The van der Waals surface area contributed by atoms with Gasteiger partial charge < -0.3 is 10.2 Å². The lowest BCUT2D eigenvalue weighted by atomic mass is 10.1. The number of carbonyl (C=O) groups excluding carboxylic acids is 1. The number of sulfonamides is 1. The van der Waals surface area contributed by atoms with Crippen LogP contribution in [0.4, 0.5) is 11.4 Å². The molecule has 30 heavy (non-hydrogen) atoms. The van der Waals surface area contributed by atoms with Gasteiger partial charge in [0.2, 0.25) is 10.0 Å². The Labute approximate surface area is 178 Å². The topological polar surface area (TPSA) is 69.7 Å². The molecule has 160 valence electrons. The number of nitrogens with zero attached hydrogens (tertiary/aromatic N) is 2. The lowest BCUT2D eigenvalue weighted by molar-refractivity contribution is 0.0940. The van der Waals surface area contributed by atoms with Crippen LogP contribution in [0.3, 0.4) is 0 Å². The lowest BCUT2D eigenvalue weighted by Crippen LogP contribution is -2.38. The molecule has 0 radical (unpaired) electrons. The Balaban J connectivity index is 1.44. The minimum absolute atomic E-state index is 0.146. The Morgan fingerprint density at radius 1 is 0.933 bits per heavy atom. The Morgan fingerprint density at radius 2 is 1.63 bits per heavy atom. The van der Waals surface area contributed by atoms with E-state index in [4.69, 9.17) is 0 Å². The molecule has 0 aliphatic carbocycles. The molecule has 2 aromatic carbocycles. The summed E-state index contributed by atoms with van der Waals surface area (Å²) >= 11 is 0. The number of rotatable bonds is 5. The first-order chi connectivity index (χ1) is 14.4. The predicted octanol–water partition coefficient (Wildman–Crippen LogP) is 3.71. The molecule has 0 bridgehead atoms. The summed E-state index contributed by atoms with van der Waals surface area (Å²) in [5.41, 5.74) is 3.30. The highest BCUT2D eigenvalue weighted by Gasteiger charge is 2.26. The zero-order valence-corrected chi connectivity index (χ0v) is 18.2. The second-order valence-electron chi connectivity index (χ2n) is 8.13. The summed E-state index contributed by atoms with van der Waals surface area (Å²) in [6.45, 7) is 4.64. The molecule has 0 unspecified atom stereocenters. The molecule has 1 atom stereocenters. The van der Waals surface area contributed by atoms with E-state index in [9.17, 15) is 13.2 Å². The Morgan fingerprint density at radius 3 is 2.33 bits per heavy atom. The molecular formula is C23H29N3O3S. The molecule has 0 spiro atoms. The van der Waals surface area contributed by atoms with Crippen molar-refractivity contribution in [3.8, 4) is 0 Å². The van der Waals surface area contributed by atoms with E-state index < -0.39 is 10.0 Å². The third-order valence-corrected chi connectivity index (χ3v) is 7.83. The molecule has 1 N–H and O–H groups in total. The number of hydrogen-bond acceptors (Lipinski definition) is 4. The fourth-order valence-electron chi connectivity index (χ4n) is 4.19. The van der Waals surface area contributed by atoms with Crippen molar-refractivity contribution in [3.05, 3.63) is 59.7 Å². The van der Waals surface area contributed by atoms with Crippen molar-refractivity contribution in [1.29, 1.82) is 0 Å². The highest BCUT2D eigenvalue weighted by molar-refractivity contribution is 7.92. The smallest absolute Gasteiger partial charge is 0.251 e. The van der Waals surface area contributed by atoms with Gasteiger partial charge in [0.15, 0.2) is 0 Å². The van der Waals surface area contributed by atoms with Crippen LogP contribution in [0, 0.1) is 0 Å². The van der Waals surface area contributed by atoms with Crippen molar-refractivity contribution in [2.45, 2.75) is 38.6 Å². The van der Waals surface area contributed by atoms with Gasteiger partial charge >= 0.3 is 0 Å². The monoisotopic (exact) mass is 427 g/mol. The highest BCUT2D eigenvalue weighted by atomic mass is 32.2. The molecule has 4 rings (SSSR count). The Bertz CT molecular complexity index is 999. The lowest BCUT2D eigenvalue weighted by Gasteiger charge is -2.28. The molecule has 2 aromatic rings. The Kier molecular flexibility index (Phi) is 5.99. The highest BCUT2D eigenvalue weighted by Crippen LogP contribution is 2.25. The van der Waals surface area contributed by atoms with E-state index in [1.165, 1.54) is 22.8 Å². The van der Waals surface area contributed by atoms with E-state index in [2.05, 4.69) is 34.5 Å². The van der Waals surface area contributed by atoms with Gasteiger partial charge in [0.1, 0.15) is 0 Å². The van der Waals surface area contributed by atoms with Crippen LogP contribution in [0.2, 0.25) is 0 Å². The first kappa shape index (κ1) is 20.7. The van der Waals surface area contributed by atoms with Crippen molar-refractivity contribution >= 4 is 27.3 Å². The van der Waals surface area contributed by atoms with Crippen molar-refractivity contribution in [2.24, 2.45) is 0 Å². The number of carbonyl (C=O) groups is 1. The van der Waals surface area contributed by atoms with Gasteiger partial charge in [-0.25, -0.2) is 8.42 Å². The third-order valence-electron chi connectivity index (χ3n) is 5.96. The summed E-state index contributed by atoms with van der Waals surface area (Å²) in [7, 11) is -3.30. The molecule has 2 aliphatic rings. The van der Waals surface area contributed by atoms with E-state index in [1.54, 1.807) is 24.3 Å². The zero-order valence-electron chi connectivity index (χ0n) is 17.4. The van der Waals surface area contributed by atoms with Crippen LogP contribution < -0.4 is 14.5 Å². The van der Waals surface area contributed by atoms with Crippen LogP contribution in [0.15, 0.2) is 48.5 Å². The normalized spacial score (nSPS) is 19.5. The number of hydrogen-bond donors (Lipinski definition) is 1. The fourth-order valence-corrected chi connectivity index (χ4v) is 5.82. The number of anilines is 2. The van der Waals surface area contributed by atoms with Crippen LogP contribution in [0.25, 0.3) is 0 Å². The van der Waals surface area contributed by atoms with Gasteiger partial charge in [0.05, 0.1) is 17.5 Å². The fraction of sp³-hybridized carbons (Fsp3) is 0.435. The van der Waals surface area contributed by atoms with Crippen molar-refractivity contribution in [3.63, 3.8) is 0 Å². The van der Waals surface area contributed by atoms with Crippen molar-refractivity contribution in [2.75, 3.05) is 34.6 Å². The average Bonchev–Trinajstić information content (AvgIpc) is 3.28. The van der Waals surface area contributed by atoms with Gasteiger partial charge in [-0.05, 0) is 68.5 Å². The molecule has 2 saturated heterocycles. The second kappa shape index (κ2) is 8.68. The first-order valence-electron chi connectivity index (χ1n) is 10.7. The molecule has 2 aliphatic heterocycles. The van der Waals surface area contributed by atoms with E-state index in [-0.39, 0.29) is 17.7 Å². The second-order valence-corrected chi connectivity index (χ2v) is 10.1. The standard InChI is InChI=1S/C23H29N3O3S/c1-18(19-9-11-21(12-10-19)25-13-2-3-14-25)24-23(27)20-7-6-8-22(17-20)26-15-4-5-16-30(26,28)29/h6-12,17-18H,2-5,13-16H2,1H3,(H,24,27)/t18-/m1/s1. The van der Waals surface area contributed by atoms with Gasteiger partial charge in [-0.1, -0.05) is 18.2 Å². The van der Waals surface area contributed by atoms with Crippen LogP contribution in [-0.2, 0) is 10.0 Å². The van der Waals surface area contributed by atoms with E-state index in [1.807, 2.05) is 6.92 Å². The molecular weight excluding hydrogens is 398 g/mol. The summed E-state index contributed by atoms with van der Waals surface area (Å²) in [6.07, 6.45) is 4.01. The van der Waals surface area contributed by atoms with E-state index in [0.717, 1.165) is 25.1 Å². The maximum Gasteiger partial charge on any atom is 0.251 e. The van der Waals surface area contributed by atoms with Crippen LogP contribution in [0.1, 0.15) is 54.6 Å². The summed E-state index contributed by atoms with van der Waals surface area (Å²) in [6, 6.07) is 15.1. The van der Waals surface area contributed by atoms with Gasteiger partial charge in [-0.15, -0.1) is 0 Å². The first-order valence-corrected chi connectivity index (χ1v) is 12.3. The maximum atomic E-state index is 12.8. The summed E-state index contributed by atoms with van der Waals surface area (Å²) in [4.78, 5) is 15.2. The Hall–Kier alpha value is -2.54. The molecule has 2 heterocycles. The van der Waals surface area contributed by atoms with Gasteiger partial charge in [0, 0.05) is 30.9 Å². The van der Waals surface area contributed by atoms with E-state index in [0.29, 0.717) is 24.2 Å². The van der Waals surface area contributed by atoms with Crippen molar-refractivity contribution < 1.29 is 13.2 Å². The minimum Gasteiger partial charge on any atom is -0.372 e. The summed E-state index contributed by atoms with van der Waals surface area (Å²) in [5.74, 6) is -0.0455. The quantitative estimate of drug-likeness (QED) is 0.790. The molecule has 7 heteroatoms. The zero-order chi connectivity index (χ0) is 21.1.